The van der Waals surface area contributed by atoms with Gasteiger partial charge in [0.2, 0.25) is 0 Å². The summed E-state index contributed by atoms with van der Waals surface area (Å²) in [5, 5.41) is 0. The van der Waals surface area contributed by atoms with Gasteiger partial charge in [0.05, 0.1) is 0 Å². The van der Waals surface area contributed by atoms with Crippen LogP contribution >= 0.6 is 0 Å². The highest BCUT2D eigenvalue weighted by molar-refractivity contribution is 5.19. The van der Waals surface area contributed by atoms with E-state index in [1.165, 1.54) is 173 Å². The Labute approximate surface area is 482 Å². The van der Waals surface area contributed by atoms with Crippen LogP contribution in [0.3, 0.4) is 0 Å². The van der Waals surface area contributed by atoms with E-state index in [4.69, 9.17) is 0 Å². The third-order valence-corrected chi connectivity index (χ3v) is 25.3. The summed E-state index contributed by atoms with van der Waals surface area (Å²) in [6.45, 7) is 23.4. The van der Waals surface area contributed by atoms with Crippen molar-refractivity contribution in [2.75, 3.05) is 0 Å². The van der Waals surface area contributed by atoms with E-state index >= 15 is 0 Å². The second-order valence-corrected chi connectivity index (χ2v) is 29.2. The average molecular weight is 1060 g/mol. The van der Waals surface area contributed by atoms with Crippen molar-refractivity contribution in [1.29, 1.82) is 0 Å². The minimum absolute atomic E-state index is 0. The quantitative estimate of drug-likeness (QED) is 0.171. The number of unbranched alkanes of at least 4 members (excludes halogenated alkanes) is 1. The van der Waals surface area contributed by atoms with Gasteiger partial charge in [-0.2, -0.15) is 0 Å². The van der Waals surface area contributed by atoms with E-state index in [9.17, 15) is 0 Å². The fraction of sp³-hybridized carbons (Fsp3) is 0.870. The molecule has 0 heteroatoms. The molecule has 0 amide bonds. The zero-order valence-corrected chi connectivity index (χ0v) is 52.4. The molecular weight excluding hydrogens is 925 g/mol. The maximum atomic E-state index is 2.81. The van der Waals surface area contributed by atoms with Crippen molar-refractivity contribution < 1.29 is 0 Å². The molecule has 77 heavy (non-hydrogen) atoms. The molecule has 11 rings (SSSR count). The lowest BCUT2D eigenvalue weighted by Crippen LogP contribution is -2.51. The Morgan fingerprint density at radius 1 is 0.558 bits per heavy atom. The van der Waals surface area contributed by atoms with Crippen LogP contribution in [0.25, 0.3) is 0 Å². The number of allylic oxidation sites excluding steroid dienone is 10. The van der Waals surface area contributed by atoms with Crippen LogP contribution in [0.1, 0.15) is 295 Å². The van der Waals surface area contributed by atoms with Crippen LogP contribution in [0.4, 0.5) is 0 Å². The van der Waals surface area contributed by atoms with Crippen molar-refractivity contribution in [2.24, 2.45) is 130 Å². The SMILES string of the molecule is C.C/C=C(\CC(C(C)C)C1CCC=C(C2CCCC3CCCCC32)C1)C1CC=CC(C2C(CCCC)C(C)C(C3CCC4CCCCC4C3)C3CC=CCC32)C1.CC.CC.CC1CCCC(C2CCCC3C=CCCC32)C1. The van der Waals surface area contributed by atoms with Gasteiger partial charge in [0.15, 0.2) is 0 Å². The molecule has 0 bridgehead atoms. The van der Waals surface area contributed by atoms with E-state index in [1.807, 2.05) is 38.8 Å². The van der Waals surface area contributed by atoms with Crippen molar-refractivity contribution in [1.82, 2.24) is 0 Å². The van der Waals surface area contributed by atoms with Gasteiger partial charge in [-0.3, -0.25) is 0 Å². The minimum atomic E-state index is 0. The summed E-state index contributed by atoms with van der Waals surface area (Å²) >= 11 is 0. The van der Waals surface area contributed by atoms with Crippen molar-refractivity contribution in [3.05, 3.63) is 59.8 Å². The molecule has 0 aromatic carbocycles. The molecular formula is C77H132. The molecule has 0 spiro atoms. The third kappa shape index (κ3) is 15.5. The third-order valence-electron chi connectivity index (χ3n) is 25.3. The standard InChI is InChI=1S/C55H88.C17H28.2C2H6.CH4/c1-6-8-26-48-38(5)54(47-32-31-40-18-9-10-20-43(40)34-47)51-28-13-14-29-52(51)55(48)46-25-15-22-42(33-46)39(7-2)36-53(37(3)4)45-24-16-23-44(35-45)50-30-17-21-41-19-11-12-27-49(41)50;1-13-6-4-9-15(12-13)17-11-5-8-14-7-2-3-10-16(14)17;2*1-2;/h7,13-15,23,25,37-38,40-43,45-55H,6,8-12,16-22,24,26-36H2,1-5H3;2,7,13-17H,3-6,8-12H2,1H3;2*1-2H3;1H4/b39-7+;;;;. The van der Waals surface area contributed by atoms with Gasteiger partial charge >= 0.3 is 0 Å². The molecule has 0 N–H and O–H groups in total. The zero-order valence-electron chi connectivity index (χ0n) is 52.4. The number of hydrogen-bond donors (Lipinski definition) is 0. The van der Waals surface area contributed by atoms with Crippen LogP contribution in [0.15, 0.2) is 59.8 Å². The van der Waals surface area contributed by atoms with E-state index in [1.54, 1.807) is 44.9 Å². The second kappa shape index (κ2) is 31.9. The predicted octanol–water partition coefficient (Wildman–Crippen LogP) is 24.3. The smallest absolute Gasteiger partial charge is 0.0163 e. The molecule has 21 unspecified atom stereocenters. The number of rotatable bonds is 12. The molecule has 0 saturated heterocycles. The summed E-state index contributed by atoms with van der Waals surface area (Å²) in [6, 6.07) is 0. The summed E-state index contributed by atoms with van der Waals surface area (Å²) in [4.78, 5) is 0. The Balaban J connectivity index is 0.000000328. The highest BCUT2D eigenvalue weighted by Gasteiger charge is 2.53. The van der Waals surface area contributed by atoms with E-state index in [-0.39, 0.29) is 7.43 Å². The number of hydrogen-bond acceptors (Lipinski definition) is 0. The molecule has 0 aromatic heterocycles. The van der Waals surface area contributed by atoms with Gasteiger partial charge < -0.3 is 0 Å². The van der Waals surface area contributed by atoms with Crippen molar-refractivity contribution >= 4 is 0 Å². The Kier molecular flexibility index (Phi) is 26.3. The molecule has 11 aliphatic rings. The summed E-state index contributed by atoms with van der Waals surface area (Å²) in [5.74, 6) is 20.9. The lowest BCUT2D eigenvalue weighted by molar-refractivity contribution is -0.0794. The maximum absolute atomic E-state index is 2.81. The van der Waals surface area contributed by atoms with Crippen LogP contribution in [0.5, 0.6) is 0 Å². The van der Waals surface area contributed by atoms with Gasteiger partial charge in [0, 0.05) is 0 Å². The van der Waals surface area contributed by atoms with Crippen LogP contribution < -0.4 is 0 Å². The second-order valence-electron chi connectivity index (χ2n) is 29.2. The van der Waals surface area contributed by atoms with Gasteiger partial charge in [-0.15, -0.1) is 0 Å². The Bertz CT molecular complexity index is 1810. The molecule has 7 fully saturated rings. The van der Waals surface area contributed by atoms with Gasteiger partial charge in [-0.25, -0.2) is 0 Å². The van der Waals surface area contributed by atoms with Gasteiger partial charge in [0.1, 0.15) is 0 Å². The van der Waals surface area contributed by atoms with Crippen molar-refractivity contribution in [3.63, 3.8) is 0 Å². The summed E-state index contributed by atoms with van der Waals surface area (Å²) < 4.78 is 0. The lowest BCUT2D eigenvalue weighted by Gasteiger charge is -2.58. The molecule has 0 radical (unpaired) electrons. The molecule has 440 valence electrons. The Morgan fingerprint density at radius 2 is 1.22 bits per heavy atom. The first-order valence-electron chi connectivity index (χ1n) is 35.6. The van der Waals surface area contributed by atoms with Crippen LogP contribution in [0, 0.1) is 130 Å². The van der Waals surface area contributed by atoms with Crippen LogP contribution in [-0.2, 0) is 0 Å². The molecule has 11 aliphatic carbocycles. The van der Waals surface area contributed by atoms with E-state index in [2.05, 4.69) is 90.2 Å². The van der Waals surface area contributed by atoms with E-state index < -0.39 is 0 Å². The minimum Gasteiger partial charge on any atom is -0.0882 e. The topological polar surface area (TPSA) is 0 Å². The van der Waals surface area contributed by atoms with E-state index in [0.717, 1.165) is 130 Å². The first kappa shape index (κ1) is 63.3. The lowest BCUT2D eigenvalue weighted by atomic mass is 9.47. The van der Waals surface area contributed by atoms with Gasteiger partial charge in [-0.05, 0) is 259 Å². The fourth-order valence-corrected chi connectivity index (χ4v) is 22.0. The molecule has 21 atom stereocenters. The highest BCUT2D eigenvalue weighted by atomic mass is 14.6. The number of fused-ring (bicyclic) bond motifs is 4. The monoisotopic (exact) mass is 1060 g/mol. The highest BCUT2D eigenvalue weighted by Crippen LogP contribution is 2.61. The largest absolute Gasteiger partial charge is 0.0882 e. The Morgan fingerprint density at radius 3 is 1.97 bits per heavy atom. The fourth-order valence-electron chi connectivity index (χ4n) is 22.0. The first-order chi connectivity index (χ1) is 37.3. The van der Waals surface area contributed by atoms with Gasteiger partial charge in [0.25, 0.3) is 0 Å². The Hall–Kier alpha value is -1.30. The predicted molar refractivity (Wildman–Crippen MR) is 341 cm³/mol. The van der Waals surface area contributed by atoms with Crippen molar-refractivity contribution in [2.45, 2.75) is 295 Å². The van der Waals surface area contributed by atoms with Gasteiger partial charge in [-0.1, -0.05) is 226 Å². The average Bonchev–Trinajstić information content (AvgIpc) is 3.49. The van der Waals surface area contributed by atoms with Crippen molar-refractivity contribution in [3.8, 4) is 0 Å². The van der Waals surface area contributed by atoms with E-state index in [0.29, 0.717) is 0 Å². The first-order valence-corrected chi connectivity index (χ1v) is 35.6. The summed E-state index contributed by atoms with van der Waals surface area (Å²) in [6.07, 6.45) is 71.6. The van der Waals surface area contributed by atoms with Crippen LogP contribution in [0.2, 0.25) is 0 Å². The normalized spacial score (nSPS) is 42.1. The summed E-state index contributed by atoms with van der Waals surface area (Å²) in [5.41, 5.74) is 3.79. The molecule has 0 heterocycles. The molecule has 7 saturated carbocycles. The van der Waals surface area contributed by atoms with Crippen LogP contribution in [-0.4, -0.2) is 0 Å². The molecule has 0 aliphatic heterocycles. The zero-order chi connectivity index (χ0) is 53.6. The summed E-state index contributed by atoms with van der Waals surface area (Å²) in [7, 11) is 0. The molecule has 0 aromatic rings. The molecule has 0 nitrogen and oxygen atoms in total. The maximum Gasteiger partial charge on any atom is -0.0163 e.